The average Bonchev–Trinajstić information content (AvgIpc) is 3.37. The van der Waals surface area contributed by atoms with Crippen molar-refractivity contribution >= 4 is 55.3 Å². The van der Waals surface area contributed by atoms with E-state index in [0.717, 1.165) is 30.6 Å². The van der Waals surface area contributed by atoms with E-state index in [1.165, 1.54) is 25.3 Å². The molecule has 0 saturated carbocycles. The van der Waals surface area contributed by atoms with Crippen LogP contribution in [-0.4, -0.2) is 46.6 Å². The van der Waals surface area contributed by atoms with Gasteiger partial charge < -0.3 is 20.1 Å². The summed E-state index contributed by atoms with van der Waals surface area (Å²) in [5, 5.41) is 10.2. The highest BCUT2D eigenvalue weighted by Crippen LogP contribution is 2.46. The molecule has 8 nitrogen and oxygen atoms in total. The molecule has 4 heterocycles. The summed E-state index contributed by atoms with van der Waals surface area (Å²) in [5.41, 5.74) is 6.08. The molecule has 12 heteroatoms. The normalized spacial score (nSPS) is 20.6. The van der Waals surface area contributed by atoms with Crippen LogP contribution in [0.15, 0.2) is 18.2 Å². The van der Waals surface area contributed by atoms with Gasteiger partial charge in [0, 0.05) is 35.9 Å². The Balaban J connectivity index is 1.50. The van der Waals surface area contributed by atoms with Crippen molar-refractivity contribution in [3.8, 4) is 29.1 Å². The van der Waals surface area contributed by atoms with Gasteiger partial charge in [0.15, 0.2) is 5.82 Å². The fourth-order valence-corrected chi connectivity index (χ4v) is 6.92. The Bertz CT molecular complexity index is 1660. The zero-order valence-electron chi connectivity index (χ0n) is 20.0. The number of benzene rings is 2. The molecule has 2 saturated heterocycles. The molecule has 0 radical (unpaired) electrons. The van der Waals surface area contributed by atoms with Crippen molar-refractivity contribution in [3.63, 3.8) is 0 Å². The molecule has 0 spiro atoms. The number of aromatic nitrogens is 2. The molecule has 2 fully saturated rings. The Morgan fingerprint density at radius 1 is 1.26 bits per heavy atom. The molecule has 3 atom stereocenters. The van der Waals surface area contributed by atoms with E-state index < -0.39 is 11.6 Å². The van der Waals surface area contributed by atoms with Crippen LogP contribution in [-0.2, 0) is 4.79 Å². The number of amides is 1. The fraction of sp³-hybridized carbons (Fsp3) is 0.308. The number of hydrogen-bond acceptors (Lipinski definition) is 8. The van der Waals surface area contributed by atoms with E-state index in [-0.39, 0.29) is 77.8 Å². The number of rotatable bonds is 5. The number of methoxy groups -OCH3 is 1. The van der Waals surface area contributed by atoms with Crippen molar-refractivity contribution in [3.05, 3.63) is 40.4 Å². The van der Waals surface area contributed by atoms with Crippen LogP contribution in [0, 0.1) is 23.0 Å². The number of piperidine rings is 1. The van der Waals surface area contributed by atoms with Gasteiger partial charge in [-0.25, -0.2) is 8.78 Å². The number of carbonyl (C=O) groups excluding carboxylic acids is 1. The molecule has 38 heavy (non-hydrogen) atoms. The van der Waals surface area contributed by atoms with Crippen LogP contribution in [0.1, 0.15) is 31.2 Å². The standard InChI is InChI=1S/C26H20ClF2N5O3S/c1-36-26-32-22-15(25(33-26)37-13-6-11-2-3-12(7-13)34(11)10-35)8-17(27)20(21(22)29)14-4-5-18(28)23-19(14)16(9-30)24(31)38-23/h4-5,8,10-13H,2-3,6-7,31H2,1H3/t11-,12+,13?. The van der Waals surface area contributed by atoms with E-state index in [9.17, 15) is 14.4 Å². The largest absolute Gasteiger partial charge is 0.474 e. The second-order valence-corrected chi connectivity index (χ2v) is 10.8. The second-order valence-electron chi connectivity index (χ2n) is 9.36. The summed E-state index contributed by atoms with van der Waals surface area (Å²) in [6.07, 6.45) is 3.72. The molecule has 2 bridgehead atoms. The average molecular weight is 556 g/mol. The minimum atomic E-state index is -0.796. The van der Waals surface area contributed by atoms with Crippen LogP contribution in [0.25, 0.3) is 32.1 Å². The molecule has 1 amide bonds. The van der Waals surface area contributed by atoms with Gasteiger partial charge in [-0.05, 0) is 30.5 Å². The van der Waals surface area contributed by atoms with Crippen LogP contribution < -0.4 is 15.2 Å². The lowest BCUT2D eigenvalue weighted by Crippen LogP contribution is -2.45. The molecular weight excluding hydrogens is 536 g/mol. The third-order valence-electron chi connectivity index (χ3n) is 7.36. The minimum absolute atomic E-state index is 0.00558. The van der Waals surface area contributed by atoms with Crippen molar-refractivity contribution in [2.24, 2.45) is 0 Å². The van der Waals surface area contributed by atoms with E-state index in [1.807, 2.05) is 11.0 Å². The maximum Gasteiger partial charge on any atom is 0.320 e. The Labute approximate surface area is 224 Å². The third kappa shape index (κ3) is 3.70. The number of ether oxygens (including phenoxy) is 2. The predicted molar refractivity (Wildman–Crippen MR) is 139 cm³/mol. The molecule has 2 aliphatic heterocycles. The zero-order valence-corrected chi connectivity index (χ0v) is 21.6. The summed E-state index contributed by atoms with van der Waals surface area (Å²) in [6.45, 7) is 0. The van der Waals surface area contributed by atoms with Gasteiger partial charge >= 0.3 is 6.01 Å². The number of nitriles is 1. The maximum atomic E-state index is 16.3. The number of anilines is 1. The summed E-state index contributed by atoms with van der Waals surface area (Å²) in [5.74, 6) is -1.26. The Morgan fingerprint density at radius 2 is 2.00 bits per heavy atom. The Kier molecular flexibility index (Phi) is 5.96. The van der Waals surface area contributed by atoms with Gasteiger partial charge in [-0.3, -0.25) is 4.79 Å². The molecule has 2 N–H and O–H groups in total. The number of nitrogen functional groups attached to an aromatic ring is 1. The van der Waals surface area contributed by atoms with Gasteiger partial charge in [0.2, 0.25) is 12.3 Å². The van der Waals surface area contributed by atoms with Crippen LogP contribution >= 0.6 is 22.9 Å². The quantitative estimate of drug-likeness (QED) is 0.326. The highest BCUT2D eigenvalue weighted by Gasteiger charge is 2.41. The van der Waals surface area contributed by atoms with Gasteiger partial charge in [-0.15, -0.1) is 11.3 Å². The minimum Gasteiger partial charge on any atom is -0.474 e. The van der Waals surface area contributed by atoms with Gasteiger partial charge in [-0.1, -0.05) is 17.7 Å². The van der Waals surface area contributed by atoms with E-state index in [2.05, 4.69) is 9.97 Å². The number of fused-ring (bicyclic) bond motifs is 4. The molecule has 6 rings (SSSR count). The van der Waals surface area contributed by atoms with E-state index >= 15 is 4.39 Å². The number of nitrogens with two attached hydrogens (primary N) is 1. The number of thiophene rings is 1. The smallest absolute Gasteiger partial charge is 0.320 e. The molecule has 2 aromatic carbocycles. The monoisotopic (exact) mass is 555 g/mol. The van der Waals surface area contributed by atoms with Crippen molar-refractivity contribution in [2.45, 2.75) is 43.9 Å². The van der Waals surface area contributed by atoms with Gasteiger partial charge in [0.1, 0.15) is 28.5 Å². The Morgan fingerprint density at radius 3 is 2.66 bits per heavy atom. The first-order valence-corrected chi connectivity index (χ1v) is 13.1. The summed E-state index contributed by atoms with van der Waals surface area (Å²) in [7, 11) is 1.36. The SMILES string of the molecule is COc1nc(OC2C[C@H]3CC[C@@H](C2)N3C=O)c2cc(Cl)c(-c3ccc(F)c4sc(N)c(C#N)c34)c(F)c2n1. The van der Waals surface area contributed by atoms with E-state index in [1.54, 1.807) is 0 Å². The zero-order chi connectivity index (χ0) is 26.7. The van der Waals surface area contributed by atoms with Crippen LogP contribution in [0.5, 0.6) is 11.9 Å². The number of hydrogen-bond donors (Lipinski definition) is 1. The van der Waals surface area contributed by atoms with Gasteiger partial charge in [-0.2, -0.15) is 15.2 Å². The number of halogens is 3. The lowest BCUT2D eigenvalue weighted by atomic mass is 9.97. The van der Waals surface area contributed by atoms with Crippen LogP contribution in [0.3, 0.4) is 0 Å². The summed E-state index contributed by atoms with van der Waals surface area (Å²) in [4.78, 5) is 21.9. The number of nitrogens with zero attached hydrogens (tertiary/aromatic N) is 4. The maximum absolute atomic E-state index is 16.3. The highest BCUT2D eigenvalue weighted by atomic mass is 35.5. The Hall–Kier alpha value is -3.75. The molecule has 2 aliphatic rings. The number of carbonyl (C=O) groups is 1. The fourth-order valence-electron chi connectivity index (χ4n) is 5.68. The first-order chi connectivity index (χ1) is 18.3. The van der Waals surface area contributed by atoms with Crippen molar-refractivity contribution in [1.82, 2.24) is 14.9 Å². The molecule has 0 aliphatic carbocycles. The molecule has 194 valence electrons. The van der Waals surface area contributed by atoms with Crippen LogP contribution in [0.2, 0.25) is 5.02 Å². The lowest BCUT2D eigenvalue weighted by molar-refractivity contribution is -0.123. The van der Waals surface area contributed by atoms with E-state index in [4.69, 9.17) is 26.8 Å². The van der Waals surface area contributed by atoms with Crippen molar-refractivity contribution < 1.29 is 23.0 Å². The van der Waals surface area contributed by atoms with Crippen LogP contribution in [0.4, 0.5) is 13.8 Å². The lowest BCUT2D eigenvalue weighted by Gasteiger charge is -2.36. The van der Waals surface area contributed by atoms with Gasteiger partial charge in [0.05, 0.1) is 27.8 Å². The second kappa shape index (κ2) is 9.22. The highest BCUT2D eigenvalue weighted by molar-refractivity contribution is 7.23. The first-order valence-electron chi connectivity index (χ1n) is 11.9. The van der Waals surface area contributed by atoms with Crippen molar-refractivity contribution in [1.29, 1.82) is 5.26 Å². The van der Waals surface area contributed by atoms with Crippen molar-refractivity contribution in [2.75, 3.05) is 12.8 Å². The predicted octanol–water partition coefficient (Wildman–Crippen LogP) is 5.44. The summed E-state index contributed by atoms with van der Waals surface area (Å²) < 4.78 is 42.5. The first kappa shape index (κ1) is 24.6. The topological polar surface area (TPSA) is 114 Å². The van der Waals surface area contributed by atoms with Gasteiger partial charge in [0.25, 0.3) is 0 Å². The molecule has 1 unspecified atom stereocenters. The molecular formula is C26H20ClF2N5O3S. The summed E-state index contributed by atoms with van der Waals surface area (Å²) in [6, 6.07) is 6.11. The third-order valence-corrected chi connectivity index (χ3v) is 8.68. The molecule has 2 aromatic heterocycles. The summed E-state index contributed by atoms with van der Waals surface area (Å²) >= 11 is 7.55. The van der Waals surface area contributed by atoms with E-state index in [0.29, 0.717) is 12.8 Å². The molecule has 4 aromatic rings.